The Morgan fingerprint density at radius 3 is 2.61 bits per heavy atom. The number of nitrogens with zero attached hydrogens (tertiary/aromatic N) is 2. The lowest BCUT2D eigenvalue weighted by atomic mass is 9.86. The van der Waals surface area contributed by atoms with Crippen LogP contribution in [0.1, 0.15) is 38.2 Å². The van der Waals surface area contributed by atoms with Gasteiger partial charge in [0.15, 0.2) is 5.96 Å². The molecule has 2 N–H and O–H groups in total. The zero-order valence-electron chi connectivity index (χ0n) is 18.5. The van der Waals surface area contributed by atoms with E-state index >= 15 is 0 Å². The van der Waals surface area contributed by atoms with Gasteiger partial charge in [-0.05, 0) is 37.0 Å². The molecule has 1 aromatic carbocycles. The third-order valence-electron chi connectivity index (χ3n) is 5.23. The van der Waals surface area contributed by atoms with Gasteiger partial charge in [-0.25, -0.2) is 4.99 Å². The third kappa shape index (κ3) is 9.04. The van der Waals surface area contributed by atoms with Crippen molar-refractivity contribution >= 4 is 35.8 Å². The first-order valence-corrected chi connectivity index (χ1v) is 10.2. The number of hydrogen-bond donors (Lipinski definition) is 2. The molecular weight excluding hydrogens is 521 g/mol. The fourth-order valence-corrected chi connectivity index (χ4v) is 3.36. The molecule has 1 saturated carbocycles. The first-order valence-electron chi connectivity index (χ1n) is 10.2. The van der Waals surface area contributed by atoms with E-state index in [1.54, 1.807) is 26.2 Å². The molecule has 0 spiro atoms. The fraction of sp³-hybridized carbons (Fsp3) is 0.619. The summed E-state index contributed by atoms with van der Waals surface area (Å²) in [6.07, 6.45) is 4.48. The predicted molar refractivity (Wildman–Crippen MR) is 127 cm³/mol. The molecule has 0 radical (unpaired) electrons. The number of hydrogen-bond acceptors (Lipinski definition) is 4. The Hall–Kier alpha value is -1.85. The van der Waals surface area contributed by atoms with Gasteiger partial charge in [0, 0.05) is 25.7 Å². The van der Waals surface area contributed by atoms with E-state index < -0.39 is 6.61 Å². The lowest BCUT2D eigenvalue weighted by molar-refractivity contribution is -0.127. The van der Waals surface area contributed by atoms with Crippen LogP contribution in [-0.2, 0) is 11.3 Å². The average Bonchev–Trinajstić information content (AvgIpc) is 2.71. The highest BCUT2D eigenvalue weighted by atomic mass is 127. The van der Waals surface area contributed by atoms with Crippen LogP contribution in [0.25, 0.3) is 0 Å². The quantitative estimate of drug-likeness (QED) is 0.292. The molecule has 2 unspecified atom stereocenters. The van der Waals surface area contributed by atoms with E-state index in [0.29, 0.717) is 23.2 Å². The van der Waals surface area contributed by atoms with Crippen molar-refractivity contribution in [2.45, 2.75) is 51.8 Å². The van der Waals surface area contributed by atoms with E-state index in [1.807, 2.05) is 0 Å². The van der Waals surface area contributed by atoms with Crippen LogP contribution in [0.15, 0.2) is 23.2 Å². The molecule has 2 atom stereocenters. The van der Waals surface area contributed by atoms with Crippen molar-refractivity contribution in [3.05, 3.63) is 23.8 Å². The molecule has 10 heteroatoms. The number of rotatable bonds is 8. The molecule has 0 aliphatic heterocycles. The second-order valence-corrected chi connectivity index (χ2v) is 7.67. The number of guanidine groups is 1. The van der Waals surface area contributed by atoms with Gasteiger partial charge in [-0.3, -0.25) is 4.79 Å². The number of methoxy groups -OCH3 is 1. The molecule has 1 aliphatic rings. The molecule has 1 aromatic rings. The Kier molecular flexibility index (Phi) is 11.9. The van der Waals surface area contributed by atoms with E-state index in [2.05, 4.69) is 27.3 Å². The maximum atomic E-state index is 12.8. The SMILES string of the molecule is COc1ccc(OC(F)F)c(CN=C(NCC(=O)N(C)C)NC2CCCCC2C)c1.I. The zero-order valence-corrected chi connectivity index (χ0v) is 20.8. The van der Waals surface area contributed by atoms with Crippen LogP contribution in [-0.4, -0.2) is 57.2 Å². The average molecular weight is 554 g/mol. The summed E-state index contributed by atoms with van der Waals surface area (Å²) in [7, 11) is 4.87. The first-order chi connectivity index (χ1) is 14.3. The maximum Gasteiger partial charge on any atom is 0.387 e. The summed E-state index contributed by atoms with van der Waals surface area (Å²) in [5.74, 6) is 1.42. The van der Waals surface area contributed by atoms with Gasteiger partial charge in [0.2, 0.25) is 5.91 Å². The Bertz CT molecular complexity index is 735. The predicted octanol–water partition coefficient (Wildman–Crippen LogP) is 3.62. The molecule has 1 fully saturated rings. The van der Waals surface area contributed by atoms with Gasteiger partial charge in [0.1, 0.15) is 11.5 Å². The zero-order chi connectivity index (χ0) is 22.1. The van der Waals surface area contributed by atoms with Gasteiger partial charge < -0.3 is 25.0 Å². The molecule has 0 aromatic heterocycles. The number of amides is 1. The second kappa shape index (κ2) is 13.5. The molecule has 1 amide bonds. The molecule has 0 heterocycles. The van der Waals surface area contributed by atoms with E-state index in [0.717, 1.165) is 19.3 Å². The number of nitrogens with one attached hydrogen (secondary N) is 2. The number of halogens is 3. The van der Waals surface area contributed by atoms with Crippen molar-refractivity contribution in [3.8, 4) is 11.5 Å². The van der Waals surface area contributed by atoms with Crippen LogP contribution < -0.4 is 20.1 Å². The van der Waals surface area contributed by atoms with Gasteiger partial charge in [-0.2, -0.15) is 8.78 Å². The molecule has 2 rings (SSSR count). The lowest BCUT2D eigenvalue weighted by Crippen LogP contribution is -2.49. The molecule has 0 saturated heterocycles. The van der Waals surface area contributed by atoms with Gasteiger partial charge in [-0.1, -0.05) is 19.8 Å². The molecule has 1 aliphatic carbocycles. The van der Waals surface area contributed by atoms with Crippen LogP contribution in [0.2, 0.25) is 0 Å². The fourth-order valence-electron chi connectivity index (χ4n) is 3.36. The molecular formula is C21H33F2IN4O3. The van der Waals surface area contributed by atoms with Gasteiger partial charge in [0.05, 0.1) is 20.2 Å². The molecule has 176 valence electrons. The van der Waals surface area contributed by atoms with Crippen molar-refractivity contribution < 1.29 is 23.0 Å². The highest BCUT2D eigenvalue weighted by Crippen LogP contribution is 2.27. The van der Waals surface area contributed by atoms with E-state index in [4.69, 9.17) is 4.74 Å². The number of alkyl halides is 2. The summed E-state index contributed by atoms with van der Waals surface area (Å²) in [4.78, 5) is 18.0. The van der Waals surface area contributed by atoms with Crippen molar-refractivity contribution in [1.82, 2.24) is 15.5 Å². The van der Waals surface area contributed by atoms with Crippen LogP contribution in [0.5, 0.6) is 11.5 Å². The Balaban J connectivity index is 0.00000480. The number of aliphatic imine (C=N–C) groups is 1. The maximum absolute atomic E-state index is 12.8. The number of ether oxygens (including phenoxy) is 2. The van der Waals surface area contributed by atoms with Crippen LogP contribution in [0.3, 0.4) is 0 Å². The number of likely N-dealkylation sites (N-methyl/N-ethyl adjacent to an activating group) is 1. The standard InChI is InChI=1S/C21H32F2N4O3.HI/c1-14-7-5-6-8-17(14)26-21(25-13-19(28)27(2)3)24-12-15-11-16(29-4)9-10-18(15)30-20(22)23;/h9-11,14,17,20H,5-8,12-13H2,1-4H3,(H2,24,25,26);1H. The number of carbonyl (C=O) groups is 1. The Morgan fingerprint density at radius 2 is 2.00 bits per heavy atom. The molecule has 31 heavy (non-hydrogen) atoms. The Morgan fingerprint density at radius 1 is 1.29 bits per heavy atom. The minimum Gasteiger partial charge on any atom is -0.497 e. The topological polar surface area (TPSA) is 75.2 Å². The van der Waals surface area contributed by atoms with Gasteiger partial charge in [0.25, 0.3) is 0 Å². The normalized spacial score (nSPS) is 18.7. The van der Waals surface area contributed by atoms with E-state index in [-0.39, 0.29) is 54.8 Å². The summed E-state index contributed by atoms with van der Waals surface area (Å²) >= 11 is 0. The highest BCUT2D eigenvalue weighted by Gasteiger charge is 2.22. The van der Waals surface area contributed by atoms with Crippen molar-refractivity contribution in [3.63, 3.8) is 0 Å². The second-order valence-electron chi connectivity index (χ2n) is 7.67. The van der Waals surface area contributed by atoms with Crippen LogP contribution in [0.4, 0.5) is 8.78 Å². The van der Waals surface area contributed by atoms with Crippen LogP contribution >= 0.6 is 24.0 Å². The molecule has 7 nitrogen and oxygen atoms in total. The monoisotopic (exact) mass is 554 g/mol. The summed E-state index contributed by atoms with van der Waals surface area (Å²) in [6.45, 7) is -0.571. The van der Waals surface area contributed by atoms with E-state index in [1.165, 1.54) is 24.5 Å². The summed E-state index contributed by atoms with van der Waals surface area (Å²) in [5.41, 5.74) is 0.464. The van der Waals surface area contributed by atoms with Gasteiger partial charge in [-0.15, -0.1) is 24.0 Å². The Labute approximate surface area is 200 Å². The van der Waals surface area contributed by atoms with Crippen LogP contribution in [0, 0.1) is 5.92 Å². The lowest BCUT2D eigenvalue weighted by Gasteiger charge is -2.31. The molecule has 0 bridgehead atoms. The minimum absolute atomic E-state index is 0. The first kappa shape index (κ1) is 27.2. The summed E-state index contributed by atoms with van der Waals surface area (Å²) < 4.78 is 35.3. The minimum atomic E-state index is -2.93. The van der Waals surface area contributed by atoms with Crippen molar-refractivity contribution in [2.75, 3.05) is 27.7 Å². The smallest absolute Gasteiger partial charge is 0.387 e. The highest BCUT2D eigenvalue weighted by molar-refractivity contribution is 14.0. The largest absolute Gasteiger partial charge is 0.497 e. The number of benzene rings is 1. The van der Waals surface area contributed by atoms with E-state index in [9.17, 15) is 13.6 Å². The third-order valence-corrected chi connectivity index (χ3v) is 5.23. The van der Waals surface area contributed by atoms with Gasteiger partial charge >= 0.3 is 6.61 Å². The summed E-state index contributed by atoms with van der Waals surface area (Å²) in [5, 5.41) is 6.46. The van der Waals surface area contributed by atoms with Crippen molar-refractivity contribution in [1.29, 1.82) is 0 Å². The summed E-state index contributed by atoms with van der Waals surface area (Å²) in [6, 6.07) is 4.85. The number of carbonyl (C=O) groups excluding carboxylic acids is 1. The van der Waals surface area contributed by atoms with Crippen molar-refractivity contribution in [2.24, 2.45) is 10.9 Å².